The monoisotopic (exact) mass is 311 g/mol. The molecule has 0 radical (unpaired) electrons. The minimum Gasteiger partial charge on any atom is -0.480 e. The molecule has 1 aromatic carbocycles. The molecule has 0 saturated carbocycles. The van der Waals surface area contributed by atoms with Crippen LogP contribution in [-0.4, -0.2) is 35.1 Å². The molecule has 1 heterocycles. The van der Waals surface area contributed by atoms with Crippen molar-refractivity contribution in [3.8, 4) is 0 Å². The molecule has 0 unspecified atom stereocenters. The number of nitrogens with one attached hydrogen (secondary N) is 1. The van der Waals surface area contributed by atoms with E-state index in [4.69, 9.17) is 9.84 Å². The maximum atomic E-state index is 11.8. The molecule has 18 heavy (non-hydrogen) atoms. The van der Waals surface area contributed by atoms with Crippen LogP contribution in [0.25, 0.3) is 10.9 Å². The Hall–Kier alpha value is -1.66. The van der Waals surface area contributed by atoms with Gasteiger partial charge in [0.2, 0.25) is 0 Å². The van der Waals surface area contributed by atoms with Gasteiger partial charge in [0, 0.05) is 27.1 Å². The number of carboxylic acid groups (broad SMARTS) is 1. The minimum atomic E-state index is -1.09. The molecule has 0 atom stereocenters. The third-order valence-electron chi connectivity index (χ3n) is 2.40. The molecular weight excluding hydrogens is 302 g/mol. The lowest BCUT2D eigenvalue weighted by atomic mass is 10.1. The van der Waals surface area contributed by atoms with Crippen LogP contribution in [-0.2, 0) is 9.53 Å². The van der Waals surface area contributed by atoms with Crippen LogP contribution < -0.4 is 0 Å². The number of carboxylic acids is 1. The molecule has 2 aromatic rings. The highest BCUT2D eigenvalue weighted by Gasteiger charge is 2.12. The Bertz CT molecular complexity index is 605. The molecule has 94 valence electrons. The summed E-state index contributed by atoms with van der Waals surface area (Å²) in [6, 6.07) is 5.52. The van der Waals surface area contributed by atoms with Gasteiger partial charge < -0.3 is 14.8 Å². The van der Waals surface area contributed by atoms with Crippen molar-refractivity contribution in [2.75, 3.05) is 13.2 Å². The molecule has 0 fully saturated rings. The maximum Gasteiger partial charge on any atom is 0.329 e. The second kappa shape index (κ2) is 5.32. The number of aromatic amines is 1. The van der Waals surface area contributed by atoms with E-state index in [9.17, 15) is 9.59 Å². The number of fused-ring (bicyclic) bond motifs is 1. The van der Waals surface area contributed by atoms with E-state index in [1.807, 2.05) is 18.2 Å². The molecule has 6 heteroatoms. The Morgan fingerprint density at radius 3 is 2.83 bits per heavy atom. The number of halogens is 1. The molecular formula is C12H10BrNO4. The lowest BCUT2D eigenvalue weighted by Crippen LogP contribution is -2.14. The fourth-order valence-electron chi connectivity index (χ4n) is 1.64. The summed E-state index contributed by atoms with van der Waals surface area (Å²) in [6.45, 7) is -0.713. The summed E-state index contributed by atoms with van der Waals surface area (Å²) < 4.78 is 5.70. The summed E-state index contributed by atoms with van der Waals surface area (Å²) in [5, 5.41) is 9.21. The SMILES string of the molecule is O=C(O)COCC(=O)c1c[nH]c2cc(Br)ccc12. The Kier molecular flexibility index (Phi) is 3.78. The Balaban J connectivity index is 2.15. The van der Waals surface area contributed by atoms with E-state index in [1.165, 1.54) is 0 Å². The number of aliphatic carboxylic acids is 1. The lowest BCUT2D eigenvalue weighted by Gasteiger charge is -2.00. The molecule has 0 aliphatic heterocycles. The van der Waals surface area contributed by atoms with E-state index in [2.05, 4.69) is 20.9 Å². The zero-order valence-corrected chi connectivity index (χ0v) is 10.9. The van der Waals surface area contributed by atoms with Gasteiger partial charge in [0.15, 0.2) is 5.78 Å². The lowest BCUT2D eigenvalue weighted by molar-refractivity contribution is -0.141. The number of benzene rings is 1. The van der Waals surface area contributed by atoms with Crippen molar-refractivity contribution in [2.24, 2.45) is 0 Å². The normalized spacial score (nSPS) is 10.7. The summed E-state index contributed by atoms with van der Waals surface area (Å²) in [5.41, 5.74) is 1.34. The zero-order valence-electron chi connectivity index (χ0n) is 9.27. The van der Waals surface area contributed by atoms with Gasteiger partial charge in [-0.1, -0.05) is 22.0 Å². The van der Waals surface area contributed by atoms with Gasteiger partial charge >= 0.3 is 5.97 Å². The van der Waals surface area contributed by atoms with Crippen LogP contribution in [0.3, 0.4) is 0 Å². The molecule has 0 spiro atoms. The van der Waals surface area contributed by atoms with Gasteiger partial charge in [0.25, 0.3) is 0 Å². The number of carbonyl (C=O) groups excluding carboxylic acids is 1. The zero-order chi connectivity index (χ0) is 13.1. The van der Waals surface area contributed by atoms with Crippen molar-refractivity contribution >= 4 is 38.6 Å². The molecule has 0 aliphatic carbocycles. The fourth-order valence-corrected chi connectivity index (χ4v) is 2.00. The van der Waals surface area contributed by atoms with E-state index in [0.717, 1.165) is 15.4 Å². The number of aromatic nitrogens is 1. The van der Waals surface area contributed by atoms with Gasteiger partial charge in [0.05, 0.1) is 0 Å². The van der Waals surface area contributed by atoms with Crippen LogP contribution in [0.4, 0.5) is 0 Å². The first-order chi connectivity index (χ1) is 8.58. The molecule has 0 bridgehead atoms. The van der Waals surface area contributed by atoms with Crippen molar-refractivity contribution < 1.29 is 19.4 Å². The summed E-state index contributed by atoms with van der Waals surface area (Å²) >= 11 is 3.34. The van der Waals surface area contributed by atoms with E-state index in [1.54, 1.807) is 6.20 Å². The number of hydrogen-bond acceptors (Lipinski definition) is 3. The summed E-state index contributed by atoms with van der Waals surface area (Å²) in [7, 11) is 0. The van der Waals surface area contributed by atoms with Gasteiger partial charge in [-0.05, 0) is 12.1 Å². The molecule has 1 aromatic heterocycles. The summed E-state index contributed by atoms with van der Waals surface area (Å²) in [6.07, 6.45) is 1.60. The van der Waals surface area contributed by atoms with E-state index in [0.29, 0.717) is 5.56 Å². The topological polar surface area (TPSA) is 79.4 Å². The first kappa shape index (κ1) is 12.8. The number of rotatable bonds is 5. The van der Waals surface area contributed by atoms with Gasteiger partial charge in [-0.2, -0.15) is 0 Å². The van der Waals surface area contributed by atoms with Crippen LogP contribution in [0.5, 0.6) is 0 Å². The average Bonchev–Trinajstić information content (AvgIpc) is 2.71. The van der Waals surface area contributed by atoms with E-state index < -0.39 is 12.6 Å². The van der Waals surface area contributed by atoms with Gasteiger partial charge in [-0.25, -0.2) is 4.79 Å². The fraction of sp³-hybridized carbons (Fsp3) is 0.167. The predicted octanol–water partition coefficient (Wildman–Crippen LogP) is 2.21. The highest BCUT2D eigenvalue weighted by Crippen LogP contribution is 2.22. The van der Waals surface area contributed by atoms with Crippen molar-refractivity contribution in [2.45, 2.75) is 0 Å². The third kappa shape index (κ3) is 2.77. The van der Waals surface area contributed by atoms with Crippen molar-refractivity contribution in [3.05, 3.63) is 34.4 Å². The largest absolute Gasteiger partial charge is 0.480 e. The van der Waals surface area contributed by atoms with Crippen LogP contribution in [0, 0.1) is 0 Å². The van der Waals surface area contributed by atoms with Gasteiger partial charge in [0.1, 0.15) is 13.2 Å². The number of ether oxygens (including phenoxy) is 1. The van der Waals surface area contributed by atoms with Crippen LogP contribution in [0.1, 0.15) is 10.4 Å². The van der Waals surface area contributed by atoms with Crippen molar-refractivity contribution in [3.63, 3.8) is 0 Å². The molecule has 2 rings (SSSR count). The number of ketones is 1. The smallest absolute Gasteiger partial charge is 0.329 e. The Morgan fingerprint density at radius 2 is 2.11 bits per heavy atom. The van der Waals surface area contributed by atoms with Gasteiger partial charge in [-0.15, -0.1) is 0 Å². The third-order valence-corrected chi connectivity index (χ3v) is 2.90. The number of hydrogen-bond donors (Lipinski definition) is 2. The predicted molar refractivity (Wildman–Crippen MR) is 68.8 cm³/mol. The second-order valence-corrected chi connectivity index (χ2v) is 4.62. The summed E-state index contributed by atoms with van der Waals surface area (Å²) in [5.74, 6) is -1.34. The number of carbonyl (C=O) groups is 2. The molecule has 0 amide bonds. The minimum absolute atomic E-state index is 0.241. The highest BCUT2D eigenvalue weighted by molar-refractivity contribution is 9.10. The van der Waals surface area contributed by atoms with Crippen LogP contribution >= 0.6 is 15.9 Å². The highest BCUT2D eigenvalue weighted by atomic mass is 79.9. The van der Waals surface area contributed by atoms with E-state index in [-0.39, 0.29) is 12.4 Å². The Morgan fingerprint density at radius 1 is 1.33 bits per heavy atom. The first-order valence-corrected chi connectivity index (χ1v) is 5.96. The van der Waals surface area contributed by atoms with Crippen LogP contribution in [0.2, 0.25) is 0 Å². The van der Waals surface area contributed by atoms with E-state index >= 15 is 0 Å². The maximum absolute atomic E-state index is 11.8. The number of H-pyrrole nitrogens is 1. The van der Waals surface area contributed by atoms with Gasteiger partial charge in [-0.3, -0.25) is 4.79 Å². The average molecular weight is 312 g/mol. The molecule has 0 aliphatic rings. The Labute approximate surface area is 111 Å². The molecule has 2 N–H and O–H groups in total. The second-order valence-electron chi connectivity index (χ2n) is 3.70. The standard InChI is InChI=1S/C12H10BrNO4/c13-7-1-2-8-9(4-14-10(8)3-7)11(15)5-18-6-12(16)17/h1-4,14H,5-6H2,(H,16,17). The molecule has 0 saturated heterocycles. The van der Waals surface area contributed by atoms with Crippen molar-refractivity contribution in [1.29, 1.82) is 0 Å². The quantitative estimate of drug-likeness (QED) is 0.830. The summed E-state index contributed by atoms with van der Waals surface area (Å²) in [4.78, 5) is 25.1. The van der Waals surface area contributed by atoms with Crippen LogP contribution in [0.15, 0.2) is 28.9 Å². The number of Topliss-reactive ketones (excluding diaryl/α,β-unsaturated/α-hetero) is 1. The molecule has 5 nitrogen and oxygen atoms in total. The first-order valence-electron chi connectivity index (χ1n) is 5.17. The van der Waals surface area contributed by atoms with Crippen molar-refractivity contribution in [1.82, 2.24) is 4.98 Å².